The van der Waals surface area contributed by atoms with Crippen molar-refractivity contribution in [1.82, 2.24) is 5.32 Å². The van der Waals surface area contributed by atoms with Crippen molar-refractivity contribution in [2.24, 2.45) is 0 Å². The molecule has 1 heterocycles. The fourth-order valence-electron chi connectivity index (χ4n) is 3.38. The summed E-state index contributed by atoms with van der Waals surface area (Å²) in [6.07, 6.45) is -0.324. The van der Waals surface area contributed by atoms with Gasteiger partial charge in [-0.3, -0.25) is 4.79 Å². The number of hydrogen-bond acceptors (Lipinski definition) is 3. The van der Waals surface area contributed by atoms with Crippen molar-refractivity contribution < 1.29 is 4.79 Å². The topological polar surface area (TPSA) is 35.6 Å². The van der Waals surface area contributed by atoms with Crippen LogP contribution in [0, 0.1) is 0 Å². The normalized spacial score (nSPS) is 14.4. The quantitative estimate of drug-likeness (QED) is 0.653. The van der Waals surface area contributed by atoms with Gasteiger partial charge in [-0.15, -0.1) is 0 Å². The number of anilines is 2. The van der Waals surface area contributed by atoms with Gasteiger partial charge in [-0.1, -0.05) is 41.4 Å². The highest BCUT2D eigenvalue weighted by molar-refractivity contribution is 6.30. The Hall–Kier alpha value is -2.69. The molecule has 1 N–H and O–H groups in total. The third kappa shape index (κ3) is 3.93. The number of amides is 1. The summed E-state index contributed by atoms with van der Waals surface area (Å²) in [6, 6.07) is 24.5. The standard InChI is InChI=1S/C22H19Cl2N3O/c23-17-6-10-19(11-7-17)26-14-15-27(20-12-8-18(24)9-13-20)22(26)25-21(28)16-4-2-1-3-5-16/h1-13,22H,14-15H2,(H,25,28). The van der Waals surface area contributed by atoms with Crippen LogP contribution in [0.2, 0.25) is 10.0 Å². The Kier molecular flexibility index (Phi) is 5.42. The first-order valence-electron chi connectivity index (χ1n) is 9.02. The molecule has 1 aliphatic rings. The van der Waals surface area contributed by atoms with Crippen molar-refractivity contribution >= 4 is 40.5 Å². The Labute approximate surface area is 174 Å². The number of rotatable bonds is 4. The lowest BCUT2D eigenvalue weighted by Crippen LogP contribution is -2.52. The Bertz CT molecular complexity index is 892. The first-order chi connectivity index (χ1) is 13.6. The highest BCUT2D eigenvalue weighted by Crippen LogP contribution is 2.29. The van der Waals surface area contributed by atoms with Gasteiger partial charge in [0.25, 0.3) is 5.91 Å². The van der Waals surface area contributed by atoms with Crippen molar-refractivity contribution in [2.45, 2.75) is 6.29 Å². The smallest absolute Gasteiger partial charge is 0.254 e. The van der Waals surface area contributed by atoms with Gasteiger partial charge in [0.1, 0.15) is 0 Å². The maximum atomic E-state index is 12.9. The van der Waals surface area contributed by atoms with Gasteiger partial charge >= 0.3 is 0 Å². The van der Waals surface area contributed by atoms with Crippen molar-refractivity contribution in [1.29, 1.82) is 0 Å². The third-order valence-electron chi connectivity index (χ3n) is 4.78. The average Bonchev–Trinajstić information content (AvgIpc) is 3.13. The number of carbonyl (C=O) groups excluding carboxylic acids is 1. The predicted octanol–water partition coefficient (Wildman–Crippen LogP) is 5.03. The SMILES string of the molecule is O=C(NC1N(c2ccc(Cl)cc2)CCN1c1ccc(Cl)cc1)c1ccccc1. The first-order valence-corrected chi connectivity index (χ1v) is 9.78. The van der Waals surface area contributed by atoms with E-state index < -0.39 is 0 Å². The van der Waals surface area contributed by atoms with E-state index in [9.17, 15) is 4.79 Å². The van der Waals surface area contributed by atoms with E-state index in [0.29, 0.717) is 15.6 Å². The van der Waals surface area contributed by atoms with Crippen molar-refractivity contribution in [2.75, 3.05) is 22.9 Å². The number of nitrogens with zero attached hydrogens (tertiary/aromatic N) is 2. The van der Waals surface area contributed by atoms with E-state index in [1.807, 2.05) is 78.9 Å². The highest BCUT2D eigenvalue weighted by Gasteiger charge is 2.33. The van der Waals surface area contributed by atoms with Crippen LogP contribution in [-0.2, 0) is 0 Å². The van der Waals surface area contributed by atoms with E-state index in [-0.39, 0.29) is 12.2 Å². The molecule has 142 valence electrons. The molecule has 1 fully saturated rings. The van der Waals surface area contributed by atoms with Crippen LogP contribution in [0.25, 0.3) is 0 Å². The fourth-order valence-corrected chi connectivity index (χ4v) is 3.63. The summed E-state index contributed by atoms with van der Waals surface area (Å²) in [5, 5.41) is 4.53. The molecule has 1 aliphatic heterocycles. The van der Waals surface area contributed by atoms with Crippen LogP contribution in [0.4, 0.5) is 11.4 Å². The van der Waals surface area contributed by atoms with Crippen molar-refractivity contribution in [3.63, 3.8) is 0 Å². The minimum atomic E-state index is -0.324. The largest absolute Gasteiger partial charge is 0.332 e. The number of halogens is 2. The predicted molar refractivity (Wildman–Crippen MR) is 115 cm³/mol. The minimum absolute atomic E-state index is 0.120. The van der Waals surface area contributed by atoms with Crippen LogP contribution in [0.1, 0.15) is 10.4 Å². The molecule has 6 heteroatoms. The van der Waals surface area contributed by atoms with Crippen LogP contribution >= 0.6 is 23.2 Å². The van der Waals surface area contributed by atoms with Crippen LogP contribution < -0.4 is 15.1 Å². The lowest BCUT2D eigenvalue weighted by Gasteiger charge is -2.33. The first kappa shape index (κ1) is 18.7. The molecule has 4 nitrogen and oxygen atoms in total. The molecule has 0 radical (unpaired) electrons. The Morgan fingerprint density at radius 1 is 0.750 bits per heavy atom. The number of hydrogen-bond donors (Lipinski definition) is 1. The van der Waals surface area contributed by atoms with Crippen LogP contribution in [0.15, 0.2) is 78.9 Å². The summed E-state index contributed by atoms with van der Waals surface area (Å²) in [6.45, 7) is 1.54. The molecular formula is C22H19Cl2N3O. The van der Waals surface area contributed by atoms with E-state index in [0.717, 1.165) is 24.5 Å². The molecule has 1 saturated heterocycles. The molecule has 4 rings (SSSR count). The molecule has 0 spiro atoms. The third-order valence-corrected chi connectivity index (χ3v) is 5.29. The Balaban J connectivity index is 1.65. The van der Waals surface area contributed by atoms with Gasteiger partial charge in [0.2, 0.25) is 0 Å². The van der Waals surface area contributed by atoms with Crippen LogP contribution in [0.5, 0.6) is 0 Å². The monoisotopic (exact) mass is 411 g/mol. The van der Waals surface area contributed by atoms with Gasteiger partial charge in [-0.05, 0) is 60.7 Å². The second kappa shape index (κ2) is 8.13. The van der Waals surface area contributed by atoms with Gasteiger partial charge < -0.3 is 15.1 Å². The van der Waals surface area contributed by atoms with E-state index >= 15 is 0 Å². The van der Waals surface area contributed by atoms with Gasteiger partial charge in [0.15, 0.2) is 6.29 Å². The van der Waals surface area contributed by atoms with Crippen LogP contribution in [0.3, 0.4) is 0 Å². The molecule has 3 aromatic carbocycles. The summed E-state index contributed by atoms with van der Waals surface area (Å²) in [5.74, 6) is -0.120. The zero-order valence-corrected chi connectivity index (χ0v) is 16.6. The average molecular weight is 412 g/mol. The summed E-state index contributed by atoms with van der Waals surface area (Å²) in [5.41, 5.74) is 2.62. The molecule has 0 bridgehead atoms. The fraction of sp³-hybridized carbons (Fsp3) is 0.136. The summed E-state index contributed by atoms with van der Waals surface area (Å²) in [4.78, 5) is 17.2. The van der Waals surface area contributed by atoms with E-state index in [4.69, 9.17) is 23.2 Å². The van der Waals surface area contributed by atoms with Crippen molar-refractivity contribution in [3.05, 3.63) is 94.5 Å². The lowest BCUT2D eigenvalue weighted by molar-refractivity contribution is 0.0939. The van der Waals surface area contributed by atoms with Gasteiger partial charge in [-0.25, -0.2) is 0 Å². The Morgan fingerprint density at radius 3 is 1.68 bits per heavy atom. The number of carbonyl (C=O) groups is 1. The Morgan fingerprint density at radius 2 is 1.21 bits per heavy atom. The molecule has 0 atom stereocenters. The van der Waals surface area contributed by atoms with E-state index in [2.05, 4.69) is 15.1 Å². The second-order valence-corrected chi connectivity index (χ2v) is 7.43. The molecule has 0 aromatic heterocycles. The van der Waals surface area contributed by atoms with E-state index in [1.165, 1.54) is 0 Å². The number of benzene rings is 3. The van der Waals surface area contributed by atoms with Gasteiger partial charge in [-0.2, -0.15) is 0 Å². The molecule has 0 saturated carbocycles. The zero-order chi connectivity index (χ0) is 19.5. The lowest BCUT2D eigenvalue weighted by atomic mass is 10.2. The minimum Gasteiger partial charge on any atom is -0.332 e. The highest BCUT2D eigenvalue weighted by atomic mass is 35.5. The maximum absolute atomic E-state index is 12.9. The summed E-state index contributed by atoms with van der Waals surface area (Å²) < 4.78 is 0. The summed E-state index contributed by atoms with van der Waals surface area (Å²) >= 11 is 12.1. The molecule has 1 amide bonds. The maximum Gasteiger partial charge on any atom is 0.254 e. The van der Waals surface area contributed by atoms with Gasteiger partial charge in [0.05, 0.1) is 0 Å². The van der Waals surface area contributed by atoms with Crippen molar-refractivity contribution in [3.8, 4) is 0 Å². The van der Waals surface area contributed by atoms with E-state index in [1.54, 1.807) is 0 Å². The number of nitrogens with one attached hydrogen (secondary N) is 1. The summed E-state index contributed by atoms with van der Waals surface area (Å²) in [7, 11) is 0. The van der Waals surface area contributed by atoms with Gasteiger partial charge in [0, 0.05) is 40.1 Å². The van der Waals surface area contributed by atoms with Crippen LogP contribution in [-0.4, -0.2) is 25.3 Å². The molecular weight excluding hydrogens is 393 g/mol. The zero-order valence-electron chi connectivity index (χ0n) is 15.1. The molecule has 0 aliphatic carbocycles. The molecule has 0 unspecified atom stereocenters. The molecule has 3 aromatic rings. The molecule has 28 heavy (non-hydrogen) atoms. The second-order valence-electron chi connectivity index (χ2n) is 6.55.